The zero-order valence-electron chi connectivity index (χ0n) is 11.3. The molecule has 1 aliphatic heterocycles. The number of hydrogen-bond acceptors (Lipinski definition) is 3. The van der Waals surface area contributed by atoms with Crippen molar-refractivity contribution in [2.24, 2.45) is 5.92 Å². The quantitative estimate of drug-likeness (QED) is 0.920. The van der Waals surface area contributed by atoms with Crippen LogP contribution >= 0.6 is 11.3 Å². The lowest BCUT2D eigenvalue weighted by molar-refractivity contribution is -0.000779. The smallest absolute Gasteiger partial charge is 0.0963 e. The molecule has 2 nitrogen and oxygen atoms in total. The van der Waals surface area contributed by atoms with Gasteiger partial charge in [0.25, 0.3) is 0 Å². The Kier molecular flexibility index (Phi) is 3.61. The Labute approximate surface area is 118 Å². The van der Waals surface area contributed by atoms with Crippen LogP contribution in [0.15, 0.2) is 30.3 Å². The van der Waals surface area contributed by atoms with E-state index in [2.05, 4.69) is 24.3 Å². The molecule has 1 unspecified atom stereocenters. The molecular weight excluding hydrogens is 256 g/mol. The molecule has 1 aromatic heterocycles. The second-order valence-electron chi connectivity index (χ2n) is 5.68. The van der Waals surface area contributed by atoms with Crippen LogP contribution in [-0.4, -0.2) is 18.3 Å². The third kappa shape index (κ3) is 2.83. The number of ether oxygens (including phenoxy) is 1. The van der Waals surface area contributed by atoms with Crippen molar-refractivity contribution < 1.29 is 9.84 Å². The van der Waals surface area contributed by atoms with Crippen LogP contribution in [-0.2, 0) is 10.3 Å². The SMILES string of the molecule is CC(O)(CC1CCOCC1)c1cc2ccccc2s1. The fourth-order valence-corrected chi connectivity index (χ4v) is 3.98. The first-order valence-electron chi connectivity index (χ1n) is 6.94. The summed E-state index contributed by atoms with van der Waals surface area (Å²) in [6, 6.07) is 10.5. The summed E-state index contributed by atoms with van der Waals surface area (Å²) in [5.41, 5.74) is -0.717. The Bertz CT molecular complexity index is 520. The first kappa shape index (κ1) is 13.1. The van der Waals surface area contributed by atoms with E-state index in [0.29, 0.717) is 5.92 Å². The van der Waals surface area contributed by atoms with Gasteiger partial charge in [0.2, 0.25) is 0 Å². The van der Waals surface area contributed by atoms with Gasteiger partial charge in [-0.3, -0.25) is 0 Å². The minimum absolute atomic E-state index is 0.578. The lowest BCUT2D eigenvalue weighted by Gasteiger charge is -2.30. The highest BCUT2D eigenvalue weighted by atomic mass is 32.1. The lowest BCUT2D eigenvalue weighted by Crippen LogP contribution is -2.27. The number of thiophene rings is 1. The molecule has 0 radical (unpaired) electrons. The highest BCUT2D eigenvalue weighted by molar-refractivity contribution is 7.19. The van der Waals surface area contributed by atoms with Gasteiger partial charge >= 0.3 is 0 Å². The van der Waals surface area contributed by atoms with Crippen molar-refractivity contribution in [2.75, 3.05) is 13.2 Å². The molecule has 3 rings (SSSR count). The standard InChI is InChI=1S/C16H20O2S/c1-16(17,11-12-6-8-18-9-7-12)15-10-13-4-2-3-5-14(13)19-15/h2-5,10,12,17H,6-9,11H2,1H3. The van der Waals surface area contributed by atoms with Gasteiger partial charge in [-0.2, -0.15) is 0 Å². The summed E-state index contributed by atoms with van der Waals surface area (Å²) >= 11 is 1.71. The maximum absolute atomic E-state index is 10.8. The zero-order chi connectivity index (χ0) is 13.3. The normalized spacial score (nSPS) is 20.5. The van der Waals surface area contributed by atoms with Crippen LogP contribution in [0.25, 0.3) is 10.1 Å². The average molecular weight is 276 g/mol. The van der Waals surface area contributed by atoms with Gasteiger partial charge in [0.05, 0.1) is 5.60 Å². The largest absolute Gasteiger partial charge is 0.385 e. The average Bonchev–Trinajstić information content (AvgIpc) is 2.84. The van der Waals surface area contributed by atoms with Gasteiger partial charge in [-0.05, 0) is 49.6 Å². The van der Waals surface area contributed by atoms with Gasteiger partial charge in [0.15, 0.2) is 0 Å². The molecule has 2 aromatic rings. The van der Waals surface area contributed by atoms with Crippen LogP contribution in [0.5, 0.6) is 0 Å². The van der Waals surface area contributed by atoms with E-state index >= 15 is 0 Å². The van der Waals surface area contributed by atoms with Crippen LogP contribution in [0, 0.1) is 5.92 Å². The zero-order valence-corrected chi connectivity index (χ0v) is 12.1. The van der Waals surface area contributed by atoms with Crippen molar-refractivity contribution in [2.45, 2.75) is 31.8 Å². The minimum atomic E-state index is -0.717. The molecule has 1 aromatic carbocycles. The molecule has 1 saturated heterocycles. The van der Waals surface area contributed by atoms with Gasteiger partial charge in [-0.15, -0.1) is 11.3 Å². The van der Waals surface area contributed by atoms with Crippen LogP contribution < -0.4 is 0 Å². The number of hydrogen-bond donors (Lipinski definition) is 1. The molecule has 1 N–H and O–H groups in total. The number of fused-ring (bicyclic) bond motifs is 1. The fraction of sp³-hybridized carbons (Fsp3) is 0.500. The Morgan fingerprint density at radius 2 is 2.05 bits per heavy atom. The lowest BCUT2D eigenvalue weighted by atomic mass is 9.86. The van der Waals surface area contributed by atoms with Crippen LogP contribution in [0.3, 0.4) is 0 Å². The molecule has 0 amide bonds. The highest BCUT2D eigenvalue weighted by Gasteiger charge is 2.30. The molecule has 0 spiro atoms. The van der Waals surface area contributed by atoms with E-state index in [1.54, 1.807) is 11.3 Å². The van der Waals surface area contributed by atoms with E-state index in [1.165, 1.54) is 10.1 Å². The van der Waals surface area contributed by atoms with E-state index < -0.39 is 5.60 Å². The van der Waals surface area contributed by atoms with Crippen molar-refractivity contribution in [3.63, 3.8) is 0 Å². The second-order valence-corrected chi connectivity index (χ2v) is 6.77. The maximum Gasteiger partial charge on any atom is 0.0963 e. The predicted molar refractivity (Wildman–Crippen MR) is 79.6 cm³/mol. The molecule has 1 aliphatic rings. The van der Waals surface area contributed by atoms with Crippen molar-refractivity contribution >= 4 is 21.4 Å². The molecule has 0 saturated carbocycles. The van der Waals surface area contributed by atoms with Crippen molar-refractivity contribution in [3.8, 4) is 0 Å². The van der Waals surface area contributed by atoms with Crippen LogP contribution in [0.4, 0.5) is 0 Å². The number of benzene rings is 1. The maximum atomic E-state index is 10.8. The van der Waals surface area contributed by atoms with Gasteiger partial charge in [0, 0.05) is 22.8 Å². The first-order valence-corrected chi connectivity index (χ1v) is 7.76. The summed E-state index contributed by atoms with van der Waals surface area (Å²) in [7, 11) is 0. The highest BCUT2D eigenvalue weighted by Crippen LogP contribution is 2.38. The summed E-state index contributed by atoms with van der Waals surface area (Å²) in [5, 5.41) is 12.0. The van der Waals surface area contributed by atoms with Crippen molar-refractivity contribution in [3.05, 3.63) is 35.2 Å². The van der Waals surface area contributed by atoms with E-state index in [-0.39, 0.29) is 0 Å². The molecule has 19 heavy (non-hydrogen) atoms. The first-order chi connectivity index (χ1) is 9.15. The van der Waals surface area contributed by atoms with Crippen LogP contribution in [0.1, 0.15) is 31.1 Å². The van der Waals surface area contributed by atoms with Gasteiger partial charge in [0.1, 0.15) is 0 Å². The monoisotopic (exact) mass is 276 g/mol. The van der Waals surface area contributed by atoms with E-state index in [9.17, 15) is 5.11 Å². The fourth-order valence-electron chi connectivity index (χ4n) is 2.86. The van der Waals surface area contributed by atoms with Gasteiger partial charge in [-0.1, -0.05) is 18.2 Å². The topological polar surface area (TPSA) is 29.5 Å². The molecular formula is C16H20O2S. The third-order valence-electron chi connectivity index (χ3n) is 3.98. The van der Waals surface area contributed by atoms with Gasteiger partial charge < -0.3 is 9.84 Å². The summed E-state index contributed by atoms with van der Waals surface area (Å²) in [6.07, 6.45) is 2.98. The molecule has 0 aliphatic carbocycles. The van der Waals surface area contributed by atoms with E-state index in [4.69, 9.17) is 4.74 Å². The van der Waals surface area contributed by atoms with E-state index in [1.807, 2.05) is 13.0 Å². The molecule has 1 atom stereocenters. The number of rotatable bonds is 3. The Hall–Kier alpha value is -0.900. The Balaban J connectivity index is 1.81. The predicted octanol–water partition coefficient (Wildman–Crippen LogP) is 3.93. The Morgan fingerprint density at radius 3 is 2.79 bits per heavy atom. The summed E-state index contributed by atoms with van der Waals surface area (Å²) in [6.45, 7) is 3.63. The summed E-state index contributed by atoms with van der Waals surface area (Å²) in [5.74, 6) is 0.578. The van der Waals surface area contributed by atoms with Crippen LogP contribution in [0.2, 0.25) is 0 Å². The number of aliphatic hydroxyl groups is 1. The molecule has 1 fully saturated rings. The van der Waals surface area contributed by atoms with E-state index in [0.717, 1.165) is 37.4 Å². The van der Waals surface area contributed by atoms with Gasteiger partial charge in [-0.25, -0.2) is 0 Å². The summed E-state index contributed by atoms with van der Waals surface area (Å²) in [4.78, 5) is 1.08. The Morgan fingerprint density at radius 1 is 1.32 bits per heavy atom. The minimum Gasteiger partial charge on any atom is -0.385 e. The van der Waals surface area contributed by atoms with Crippen molar-refractivity contribution in [1.82, 2.24) is 0 Å². The summed E-state index contributed by atoms with van der Waals surface area (Å²) < 4.78 is 6.64. The molecule has 0 bridgehead atoms. The van der Waals surface area contributed by atoms with Crippen molar-refractivity contribution in [1.29, 1.82) is 0 Å². The third-order valence-corrected chi connectivity index (χ3v) is 5.35. The molecule has 2 heterocycles. The molecule has 102 valence electrons. The molecule has 3 heteroatoms. The second kappa shape index (κ2) is 5.23.